The Balaban J connectivity index is 3.04. The highest BCUT2D eigenvalue weighted by Crippen LogP contribution is 2.21. The molecule has 0 radical (unpaired) electrons. The lowest BCUT2D eigenvalue weighted by molar-refractivity contribution is -0.131. The molecule has 15 heavy (non-hydrogen) atoms. The van der Waals surface area contributed by atoms with Gasteiger partial charge >= 0.3 is 0 Å². The molecule has 2 unspecified atom stereocenters. The van der Waals surface area contributed by atoms with Gasteiger partial charge in [-0.05, 0) is 19.4 Å². The molecule has 0 fully saturated rings. The van der Waals surface area contributed by atoms with Crippen LogP contribution in [0.3, 0.4) is 0 Å². The van der Waals surface area contributed by atoms with Gasteiger partial charge in [-0.15, -0.1) is 0 Å². The molecule has 0 aliphatic heterocycles. The molecule has 0 saturated heterocycles. The van der Waals surface area contributed by atoms with E-state index in [9.17, 15) is 14.7 Å². The number of rotatable bonds is 4. The van der Waals surface area contributed by atoms with Crippen LogP contribution < -0.4 is 0 Å². The monoisotopic (exact) mass is 206 g/mol. The zero-order valence-electron chi connectivity index (χ0n) is 8.81. The second kappa shape index (κ2) is 4.84. The summed E-state index contributed by atoms with van der Waals surface area (Å²) in [6.07, 6.45) is -1.25. The molecule has 0 bridgehead atoms. The molecule has 0 aromatic heterocycles. The number of benzene rings is 1. The first-order valence-corrected chi connectivity index (χ1v) is 4.78. The highest BCUT2D eigenvalue weighted by molar-refractivity contribution is 5.92. The lowest BCUT2D eigenvalue weighted by Gasteiger charge is -2.18. The fourth-order valence-corrected chi connectivity index (χ4v) is 1.53. The zero-order valence-corrected chi connectivity index (χ0v) is 8.81. The second-order valence-corrected chi connectivity index (χ2v) is 3.55. The predicted molar refractivity (Wildman–Crippen MR) is 56.6 cm³/mol. The zero-order chi connectivity index (χ0) is 11.4. The summed E-state index contributed by atoms with van der Waals surface area (Å²) in [5, 5.41) is 9.64. The van der Waals surface area contributed by atoms with Crippen LogP contribution in [0.25, 0.3) is 0 Å². The highest BCUT2D eigenvalue weighted by atomic mass is 16.3. The third-order valence-electron chi connectivity index (χ3n) is 2.33. The van der Waals surface area contributed by atoms with Crippen LogP contribution in [0.4, 0.5) is 0 Å². The lowest BCUT2D eigenvalue weighted by atomic mass is 9.88. The van der Waals surface area contributed by atoms with Gasteiger partial charge in [-0.1, -0.05) is 30.3 Å². The van der Waals surface area contributed by atoms with Crippen molar-refractivity contribution in [1.29, 1.82) is 0 Å². The van der Waals surface area contributed by atoms with Gasteiger partial charge in [0.25, 0.3) is 0 Å². The Morgan fingerprint density at radius 1 is 1.07 bits per heavy atom. The Morgan fingerprint density at radius 2 is 1.60 bits per heavy atom. The van der Waals surface area contributed by atoms with Crippen LogP contribution in [0.1, 0.15) is 25.3 Å². The number of carbonyl (C=O) groups excluding carboxylic acids is 2. The van der Waals surface area contributed by atoms with Crippen molar-refractivity contribution in [2.75, 3.05) is 0 Å². The molecule has 0 amide bonds. The second-order valence-electron chi connectivity index (χ2n) is 3.55. The van der Waals surface area contributed by atoms with Gasteiger partial charge in [0.05, 0.1) is 5.92 Å². The topological polar surface area (TPSA) is 54.4 Å². The summed E-state index contributed by atoms with van der Waals surface area (Å²) in [6.45, 7) is 2.66. The molecule has 0 heterocycles. The van der Waals surface area contributed by atoms with Crippen molar-refractivity contribution < 1.29 is 14.7 Å². The maximum Gasteiger partial charge on any atom is 0.159 e. The van der Waals surface area contributed by atoms with Crippen molar-refractivity contribution in [2.45, 2.75) is 25.9 Å². The summed E-state index contributed by atoms with van der Waals surface area (Å²) in [5.41, 5.74) is 0.674. The van der Waals surface area contributed by atoms with Crippen LogP contribution in [-0.2, 0) is 9.59 Å². The van der Waals surface area contributed by atoms with Gasteiger partial charge in [-0.3, -0.25) is 9.59 Å². The minimum absolute atomic E-state index is 0.205. The van der Waals surface area contributed by atoms with Crippen LogP contribution >= 0.6 is 0 Å². The number of Topliss-reactive ketones (excluding diaryl/α,β-unsaturated/α-hetero) is 2. The first-order chi connectivity index (χ1) is 7.04. The van der Waals surface area contributed by atoms with Gasteiger partial charge in [-0.25, -0.2) is 0 Å². The molecule has 1 rings (SSSR count). The SMILES string of the molecule is CC(=O)C(O)C(C(C)=O)c1ccccc1. The van der Waals surface area contributed by atoms with Crippen LogP contribution in [0.15, 0.2) is 30.3 Å². The normalized spacial score (nSPS) is 14.3. The highest BCUT2D eigenvalue weighted by Gasteiger charge is 2.28. The summed E-state index contributed by atoms with van der Waals surface area (Å²) < 4.78 is 0. The van der Waals surface area contributed by atoms with E-state index in [-0.39, 0.29) is 11.6 Å². The lowest BCUT2D eigenvalue weighted by Crippen LogP contribution is -2.30. The molecule has 0 saturated carbocycles. The van der Waals surface area contributed by atoms with E-state index in [0.29, 0.717) is 5.56 Å². The van der Waals surface area contributed by atoms with E-state index in [0.717, 1.165) is 0 Å². The number of carbonyl (C=O) groups is 2. The number of ketones is 2. The van der Waals surface area contributed by atoms with E-state index in [1.807, 2.05) is 6.07 Å². The Kier molecular flexibility index (Phi) is 3.74. The van der Waals surface area contributed by atoms with Crippen LogP contribution in [0.2, 0.25) is 0 Å². The fourth-order valence-electron chi connectivity index (χ4n) is 1.53. The number of aliphatic hydroxyl groups excluding tert-OH is 1. The van der Waals surface area contributed by atoms with Gasteiger partial charge in [-0.2, -0.15) is 0 Å². The van der Waals surface area contributed by atoms with E-state index < -0.39 is 12.0 Å². The number of aliphatic hydroxyl groups is 1. The summed E-state index contributed by atoms with van der Waals surface area (Å²) in [6, 6.07) is 8.84. The summed E-state index contributed by atoms with van der Waals surface area (Å²) in [4.78, 5) is 22.4. The number of hydrogen-bond donors (Lipinski definition) is 1. The molecule has 0 aliphatic rings. The van der Waals surface area contributed by atoms with Crippen molar-refractivity contribution >= 4 is 11.6 Å². The Labute approximate surface area is 88.7 Å². The number of hydrogen-bond acceptors (Lipinski definition) is 3. The molecule has 1 N–H and O–H groups in total. The van der Waals surface area contributed by atoms with Crippen LogP contribution in [0.5, 0.6) is 0 Å². The van der Waals surface area contributed by atoms with E-state index in [1.165, 1.54) is 13.8 Å². The minimum atomic E-state index is -1.25. The maximum absolute atomic E-state index is 11.4. The Morgan fingerprint density at radius 3 is 2.00 bits per heavy atom. The average Bonchev–Trinajstić information content (AvgIpc) is 2.18. The maximum atomic E-state index is 11.4. The molecule has 3 nitrogen and oxygen atoms in total. The largest absolute Gasteiger partial charge is 0.384 e. The molecule has 3 heteroatoms. The fraction of sp³-hybridized carbons (Fsp3) is 0.333. The molecule has 0 aliphatic carbocycles. The first-order valence-electron chi connectivity index (χ1n) is 4.78. The van der Waals surface area contributed by atoms with Crippen LogP contribution in [0, 0.1) is 0 Å². The van der Waals surface area contributed by atoms with Crippen molar-refractivity contribution in [3.05, 3.63) is 35.9 Å². The van der Waals surface area contributed by atoms with Gasteiger partial charge in [0.2, 0.25) is 0 Å². The standard InChI is InChI=1S/C12H14O3/c1-8(13)11(12(15)9(2)14)10-6-4-3-5-7-10/h3-7,11-12,15H,1-2H3. The van der Waals surface area contributed by atoms with Gasteiger partial charge in [0.1, 0.15) is 11.9 Å². The van der Waals surface area contributed by atoms with Gasteiger partial charge < -0.3 is 5.11 Å². The first kappa shape index (κ1) is 11.6. The van der Waals surface area contributed by atoms with E-state index in [2.05, 4.69) is 0 Å². The molecule has 0 spiro atoms. The molecule has 80 valence electrons. The Hall–Kier alpha value is -1.48. The van der Waals surface area contributed by atoms with Gasteiger partial charge in [0, 0.05) is 0 Å². The third kappa shape index (κ3) is 2.73. The average molecular weight is 206 g/mol. The molecular weight excluding hydrogens is 192 g/mol. The van der Waals surface area contributed by atoms with Crippen molar-refractivity contribution in [3.8, 4) is 0 Å². The van der Waals surface area contributed by atoms with E-state index >= 15 is 0 Å². The molecule has 2 atom stereocenters. The van der Waals surface area contributed by atoms with E-state index in [1.54, 1.807) is 24.3 Å². The van der Waals surface area contributed by atoms with Gasteiger partial charge in [0.15, 0.2) is 5.78 Å². The smallest absolute Gasteiger partial charge is 0.159 e. The molecule has 1 aromatic carbocycles. The Bertz CT molecular complexity index is 356. The van der Waals surface area contributed by atoms with Crippen molar-refractivity contribution in [3.63, 3.8) is 0 Å². The molecular formula is C12H14O3. The summed E-state index contributed by atoms with van der Waals surface area (Å²) >= 11 is 0. The van der Waals surface area contributed by atoms with Crippen molar-refractivity contribution in [2.24, 2.45) is 0 Å². The predicted octanol–water partition coefficient (Wildman–Crippen LogP) is 1.31. The summed E-state index contributed by atoms with van der Waals surface area (Å²) in [5.74, 6) is -1.34. The van der Waals surface area contributed by atoms with Crippen molar-refractivity contribution in [1.82, 2.24) is 0 Å². The third-order valence-corrected chi connectivity index (χ3v) is 2.33. The van der Waals surface area contributed by atoms with E-state index in [4.69, 9.17) is 0 Å². The summed E-state index contributed by atoms with van der Waals surface area (Å²) in [7, 11) is 0. The quantitative estimate of drug-likeness (QED) is 0.808. The molecule has 1 aromatic rings. The van der Waals surface area contributed by atoms with Crippen LogP contribution in [-0.4, -0.2) is 22.8 Å². The minimum Gasteiger partial charge on any atom is -0.384 e.